The van der Waals surface area contributed by atoms with E-state index in [-0.39, 0.29) is 6.03 Å². The summed E-state index contributed by atoms with van der Waals surface area (Å²) in [4.78, 5) is 19.1. The normalized spacial score (nSPS) is 13.4. The highest BCUT2D eigenvalue weighted by Crippen LogP contribution is 2.25. The molecule has 1 aromatic heterocycles. The maximum atomic E-state index is 12.6. The number of hydrogen-bond acceptors (Lipinski definition) is 3. The van der Waals surface area contributed by atoms with Gasteiger partial charge in [0.2, 0.25) is 0 Å². The molecule has 0 unspecified atom stereocenters. The van der Waals surface area contributed by atoms with Crippen molar-refractivity contribution in [1.29, 1.82) is 0 Å². The standard InChI is InChI=1S/C20H18ClN3O2/c1-26-17-4-2-3-16(11-17)22-20(25)24-8-7-19-14(12-24)9-13-10-15(21)5-6-18(13)23-19/h2-6,9-11H,7-8,12H2,1H3,(H,22,25). The fourth-order valence-corrected chi connectivity index (χ4v) is 3.37. The quantitative estimate of drug-likeness (QED) is 0.726. The summed E-state index contributed by atoms with van der Waals surface area (Å²) in [6.07, 6.45) is 0.736. The van der Waals surface area contributed by atoms with Gasteiger partial charge in [-0.1, -0.05) is 17.7 Å². The Balaban J connectivity index is 1.54. The minimum absolute atomic E-state index is 0.130. The van der Waals surface area contributed by atoms with Crippen molar-refractivity contribution in [2.45, 2.75) is 13.0 Å². The molecular weight excluding hydrogens is 350 g/mol. The molecule has 1 N–H and O–H groups in total. The zero-order valence-electron chi connectivity index (χ0n) is 14.3. The van der Waals surface area contributed by atoms with E-state index < -0.39 is 0 Å². The summed E-state index contributed by atoms with van der Waals surface area (Å²) in [5.41, 5.74) is 3.75. The van der Waals surface area contributed by atoms with E-state index in [9.17, 15) is 4.79 Å². The molecule has 0 bridgehead atoms. The van der Waals surface area contributed by atoms with E-state index in [0.29, 0.717) is 29.5 Å². The molecule has 2 aromatic carbocycles. The Morgan fingerprint density at radius 2 is 2.12 bits per heavy atom. The molecule has 26 heavy (non-hydrogen) atoms. The first-order chi connectivity index (χ1) is 12.6. The Morgan fingerprint density at radius 1 is 1.23 bits per heavy atom. The van der Waals surface area contributed by atoms with E-state index in [0.717, 1.165) is 28.6 Å². The molecule has 0 radical (unpaired) electrons. The van der Waals surface area contributed by atoms with E-state index in [1.165, 1.54) is 0 Å². The SMILES string of the molecule is COc1cccc(NC(=O)N2CCc3nc4ccc(Cl)cc4cc3C2)c1. The molecule has 5 nitrogen and oxygen atoms in total. The van der Waals surface area contributed by atoms with Crippen LogP contribution in [0.15, 0.2) is 48.5 Å². The largest absolute Gasteiger partial charge is 0.497 e. The van der Waals surface area contributed by atoms with Gasteiger partial charge in [-0.25, -0.2) is 4.79 Å². The molecule has 0 spiro atoms. The lowest BCUT2D eigenvalue weighted by Crippen LogP contribution is -2.39. The van der Waals surface area contributed by atoms with Crippen LogP contribution < -0.4 is 10.1 Å². The molecule has 0 saturated carbocycles. The topological polar surface area (TPSA) is 54.5 Å². The first-order valence-corrected chi connectivity index (χ1v) is 8.78. The summed E-state index contributed by atoms with van der Waals surface area (Å²) in [6, 6.07) is 15.0. The first kappa shape index (κ1) is 16.7. The van der Waals surface area contributed by atoms with E-state index in [1.807, 2.05) is 36.4 Å². The van der Waals surface area contributed by atoms with Crippen molar-refractivity contribution >= 4 is 34.2 Å². The van der Waals surface area contributed by atoms with Gasteiger partial charge < -0.3 is 15.0 Å². The first-order valence-electron chi connectivity index (χ1n) is 8.40. The summed E-state index contributed by atoms with van der Waals surface area (Å²) in [7, 11) is 1.60. The number of carbonyl (C=O) groups is 1. The third-order valence-corrected chi connectivity index (χ3v) is 4.77. The van der Waals surface area contributed by atoms with Gasteiger partial charge in [0.25, 0.3) is 0 Å². The van der Waals surface area contributed by atoms with E-state index in [2.05, 4.69) is 11.4 Å². The third-order valence-electron chi connectivity index (χ3n) is 4.53. The maximum Gasteiger partial charge on any atom is 0.322 e. The number of pyridine rings is 1. The second-order valence-corrected chi connectivity index (χ2v) is 6.70. The molecule has 2 heterocycles. The van der Waals surface area contributed by atoms with Crippen molar-refractivity contribution in [2.24, 2.45) is 0 Å². The lowest BCUT2D eigenvalue weighted by Gasteiger charge is -2.28. The number of hydrogen-bond donors (Lipinski definition) is 1. The van der Waals surface area contributed by atoms with Crippen molar-refractivity contribution in [1.82, 2.24) is 9.88 Å². The number of benzene rings is 2. The molecule has 0 aliphatic carbocycles. The van der Waals surface area contributed by atoms with Crippen LogP contribution in [0, 0.1) is 0 Å². The summed E-state index contributed by atoms with van der Waals surface area (Å²) >= 11 is 6.08. The zero-order chi connectivity index (χ0) is 18.1. The van der Waals surface area contributed by atoms with Crippen molar-refractivity contribution in [3.8, 4) is 5.75 Å². The highest BCUT2D eigenvalue weighted by Gasteiger charge is 2.22. The maximum absolute atomic E-state index is 12.6. The zero-order valence-corrected chi connectivity index (χ0v) is 15.1. The number of carbonyl (C=O) groups excluding carboxylic acids is 1. The predicted octanol–water partition coefficient (Wildman–Crippen LogP) is 4.49. The molecular formula is C20H18ClN3O2. The number of halogens is 1. The van der Waals surface area contributed by atoms with Gasteiger partial charge in [-0.05, 0) is 42.0 Å². The van der Waals surface area contributed by atoms with Gasteiger partial charge in [-0.2, -0.15) is 0 Å². The summed E-state index contributed by atoms with van der Waals surface area (Å²) in [5, 5.41) is 4.60. The van der Waals surface area contributed by atoms with Gasteiger partial charge in [-0.3, -0.25) is 4.98 Å². The van der Waals surface area contributed by atoms with Crippen molar-refractivity contribution in [2.75, 3.05) is 19.0 Å². The summed E-state index contributed by atoms with van der Waals surface area (Å²) in [5.74, 6) is 0.708. The molecule has 1 aliphatic heterocycles. The van der Waals surface area contributed by atoms with Crippen LogP contribution in [0.4, 0.5) is 10.5 Å². The van der Waals surface area contributed by atoms with Crippen molar-refractivity contribution in [3.63, 3.8) is 0 Å². The molecule has 0 atom stereocenters. The number of ether oxygens (including phenoxy) is 1. The Kier molecular flexibility index (Phi) is 4.39. The fraction of sp³-hybridized carbons (Fsp3) is 0.200. The number of urea groups is 1. The average molecular weight is 368 g/mol. The molecule has 6 heteroatoms. The van der Waals surface area contributed by atoms with Crippen LogP contribution in [0.5, 0.6) is 5.75 Å². The third kappa shape index (κ3) is 3.30. The highest BCUT2D eigenvalue weighted by atomic mass is 35.5. The Bertz CT molecular complexity index is 990. The number of amides is 2. The van der Waals surface area contributed by atoms with Crippen LogP contribution in [0.3, 0.4) is 0 Å². The molecule has 0 saturated heterocycles. The van der Waals surface area contributed by atoms with Crippen LogP contribution in [0.2, 0.25) is 5.02 Å². The molecule has 0 fully saturated rings. The molecule has 4 rings (SSSR count). The van der Waals surface area contributed by atoms with Gasteiger partial charge in [0.15, 0.2) is 0 Å². The smallest absolute Gasteiger partial charge is 0.322 e. The Hall–Kier alpha value is -2.79. The monoisotopic (exact) mass is 367 g/mol. The molecule has 2 amide bonds. The Labute approximate surface area is 156 Å². The minimum atomic E-state index is -0.130. The molecule has 3 aromatic rings. The number of nitrogens with one attached hydrogen (secondary N) is 1. The van der Waals surface area contributed by atoms with E-state index in [4.69, 9.17) is 21.3 Å². The second kappa shape index (κ2) is 6.84. The number of nitrogens with zero attached hydrogens (tertiary/aromatic N) is 2. The number of rotatable bonds is 2. The number of anilines is 1. The van der Waals surface area contributed by atoms with Crippen molar-refractivity contribution in [3.05, 3.63) is 64.8 Å². The van der Waals surface area contributed by atoms with E-state index >= 15 is 0 Å². The van der Waals surface area contributed by atoms with Crippen LogP contribution >= 0.6 is 11.6 Å². The minimum Gasteiger partial charge on any atom is -0.497 e. The summed E-state index contributed by atoms with van der Waals surface area (Å²) < 4.78 is 5.19. The van der Waals surface area contributed by atoms with Crippen LogP contribution in [-0.4, -0.2) is 29.6 Å². The number of methoxy groups -OCH3 is 1. The number of aromatic nitrogens is 1. The van der Waals surface area contributed by atoms with Gasteiger partial charge in [0.1, 0.15) is 5.75 Å². The fourth-order valence-electron chi connectivity index (χ4n) is 3.19. The molecule has 132 valence electrons. The lowest BCUT2D eigenvalue weighted by atomic mass is 10.0. The molecule has 1 aliphatic rings. The second-order valence-electron chi connectivity index (χ2n) is 6.26. The van der Waals surface area contributed by atoms with Crippen LogP contribution in [0.25, 0.3) is 10.9 Å². The van der Waals surface area contributed by atoms with Gasteiger partial charge in [0, 0.05) is 47.4 Å². The Morgan fingerprint density at radius 3 is 2.96 bits per heavy atom. The lowest BCUT2D eigenvalue weighted by molar-refractivity contribution is 0.206. The summed E-state index contributed by atoms with van der Waals surface area (Å²) in [6.45, 7) is 1.16. The van der Waals surface area contributed by atoms with Gasteiger partial charge in [-0.15, -0.1) is 0 Å². The van der Waals surface area contributed by atoms with Gasteiger partial charge in [0.05, 0.1) is 12.6 Å². The van der Waals surface area contributed by atoms with Crippen LogP contribution in [0.1, 0.15) is 11.3 Å². The average Bonchev–Trinajstić information content (AvgIpc) is 2.66. The van der Waals surface area contributed by atoms with Gasteiger partial charge >= 0.3 is 6.03 Å². The van der Waals surface area contributed by atoms with Crippen LogP contribution in [-0.2, 0) is 13.0 Å². The predicted molar refractivity (Wildman–Crippen MR) is 103 cm³/mol. The van der Waals surface area contributed by atoms with Crippen molar-refractivity contribution < 1.29 is 9.53 Å². The highest BCUT2D eigenvalue weighted by molar-refractivity contribution is 6.31. The van der Waals surface area contributed by atoms with E-state index in [1.54, 1.807) is 18.1 Å². The number of fused-ring (bicyclic) bond motifs is 2.